The van der Waals surface area contributed by atoms with Crippen molar-refractivity contribution >= 4 is 34.7 Å². The monoisotopic (exact) mass is 468 g/mol. The Morgan fingerprint density at radius 2 is 1.06 bits per heavy atom. The highest BCUT2D eigenvalue weighted by Crippen LogP contribution is 2.28. The molecule has 1 aliphatic rings. The first-order valence-electron chi connectivity index (χ1n) is 12.0. The lowest BCUT2D eigenvalue weighted by atomic mass is 9.98. The molecule has 0 fully saturated rings. The van der Waals surface area contributed by atoms with E-state index in [4.69, 9.17) is 9.47 Å². The highest BCUT2D eigenvalue weighted by atomic mass is 16.5. The largest absolute Gasteiger partial charge is 0.466 e. The van der Waals surface area contributed by atoms with E-state index in [1.54, 1.807) is 0 Å². The quantitative estimate of drug-likeness (QED) is 0.496. The molecule has 0 aromatic heterocycles. The average Bonchev–Trinajstić information content (AvgIpc) is 2.81. The number of anilines is 4. The minimum absolute atomic E-state index is 0.214. The summed E-state index contributed by atoms with van der Waals surface area (Å²) in [6.07, 6.45) is 0. The second-order valence-electron chi connectivity index (χ2n) is 8.44. The summed E-state index contributed by atoms with van der Waals surface area (Å²) < 4.78 is 10.8. The Balaban J connectivity index is 1.98. The van der Waals surface area contributed by atoms with E-state index in [1.807, 2.05) is 76.2 Å². The zero-order valence-electron chi connectivity index (χ0n) is 20.4. The first kappa shape index (κ1) is 25.2. The molecule has 184 valence electrons. The van der Waals surface area contributed by atoms with Crippen molar-refractivity contribution in [3.63, 3.8) is 0 Å². The predicted molar refractivity (Wildman–Crippen MR) is 136 cm³/mol. The standard InChI is InChI=1S/C26H36N4O4/c1-5-33-25(31)19-15-27-21-11-7-8-12-22(21)28-16-20(26(32)34-6-2)18(4)30-24-14-10-9-13-23(24)29-17(19)3/h7-14,17-20,27-30H,5-6,15-16H2,1-4H3. The Hall–Kier alpha value is -3.42. The molecule has 0 bridgehead atoms. The van der Waals surface area contributed by atoms with Gasteiger partial charge < -0.3 is 30.7 Å². The molecule has 34 heavy (non-hydrogen) atoms. The van der Waals surface area contributed by atoms with Crippen LogP contribution >= 0.6 is 0 Å². The maximum Gasteiger partial charge on any atom is 0.312 e. The summed E-state index contributed by atoms with van der Waals surface area (Å²) in [5.41, 5.74) is 3.41. The van der Waals surface area contributed by atoms with Crippen LogP contribution in [0.25, 0.3) is 0 Å². The Bertz CT molecular complexity index is 891. The number of fused-ring (bicyclic) bond motifs is 2. The Morgan fingerprint density at radius 1 is 0.706 bits per heavy atom. The third-order valence-corrected chi connectivity index (χ3v) is 6.03. The summed E-state index contributed by atoms with van der Waals surface area (Å²) in [4.78, 5) is 25.6. The van der Waals surface area contributed by atoms with E-state index in [2.05, 4.69) is 21.3 Å². The van der Waals surface area contributed by atoms with Crippen LogP contribution in [-0.4, -0.2) is 50.3 Å². The van der Waals surface area contributed by atoms with E-state index < -0.39 is 11.8 Å². The molecular formula is C26H36N4O4. The third kappa shape index (κ3) is 6.34. The van der Waals surface area contributed by atoms with Gasteiger partial charge in [0.25, 0.3) is 0 Å². The average molecular weight is 469 g/mol. The maximum atomic E-state index is 12.8. The number of para-hydroxylation sites is 4. The van der Waals surface area contributed by atoms with E-state index in [1.165, 1.54) is 0 Å². The van der Waals surface area contributed by atoms with E-state index >= 15 is 0 Å². The van der Waals surface area contributed by atoms with Crippen molar-refractivity contribution in [1.29, 1.82) is 0 Å². The number of carbonyl (C=O) groups excluding carboxylic acids is 2. The van der Waals surface area contributed by atoms with Crippen molar-refractivity contribution < 1.29 is 19.1 Å². The zero-order valence-corrected chi connectivity index (χ0v) is 20.4. The first-order valence-corrected chi connectivity index (χ1v) is 12.0. The van der Waals surface area contributed by atoms with Gasteiger partial charge in [-0.25, -0.2) is 0 Å². The van der Waals surface area contributed by atoms with E-state index in [0.717, 1.165) is 22.7 Å². The number of esters is 2. The maximum absolute atomic E-state index is 12.8. The fourth-order valence-corrected chi connectivity index (χ4v) is 4.08. The van der Waals surface area contributed by atoms with Crippen molar-refractivity contribution in [2.75, 3.05) is 47.6 Å². The molecule has 0 spiro atoms. The fraction of sp³-hybridized carbons (Fsp3) is 0.462. The third-order valence-electron chi connectivity index (χ3n) is 6.03. The van der Waals surface area contributed by atoms with Gasteiger partial charge >= 0.3 is 11.9 Å². The number of ether oxygens (including phenoxy) is 2. The summed E-state index contributed by atoms with van der Waals surface area (Å²) in [7, 11) is 0. The number of benzene rings is 2. The summed E-state index contributed by atoms with van der Waals surface area (Å²) >= 11 is 0. The van der Waals surface area contributed by atoms with Gasteiger partial charge in [-0.05, 0) is 52.0 Å². The molecule has 1 heterocycles. The summed E-state index contributed by atoms with van der Waals surface area (Å²) in [6, 6.07) is 15.1. The van der Waals surface area contributed by atoms with Crippen LogP contribution < -0.4 is 21.3 Å². The SMILES string of the molecule is CCOC(=O)C1CNc2ccccc2NCC(C(=O)OCC)C(C)Nc2ccccc2NC1C. The second kappa shape index (κ2) is 12.2. The lowest BCUT2D eigenvalue weighted by Gasteiger charge is -2.30. The van der Waals surface area contributed by atoms with Gasteiger partial charge in [-0.15, -0.1) is 0 Å². The predicted octanol–water partition coefficient (Wildman–Crippen LogP) is 4.18. The summed E-state index contributed by atoms with van der Waals surface area (Å²) in [5.74, 6) is -1.36. The fourth-order valence-electron chi connectivity index (χ4n) is 4.08. The van der Waals surface area contributed by atoms with Crippen LogP contribution in [0.4, 0.5) is 22.7 Å². The van der Waals surface area contributed by atoms with Crippen molar-refractivity contribution in [3.05, 3.63) is 48.5 Å². The highest BCUT2D eigenvalue weighted by molar-refractivity contribution is 5.79. The van der Waals surface area contributed by atoms with Crippen LogP contribution in [0.15, 0.2) is 48.5 Å². The van der Waals surface area contributed by atoms with Crippen molar-refractivity contribution in [2.45, 2.75) is 39.8 Å². The molecule has 4 N–H and O–H groups in total. The van der Waals surface area contributed by atoms with Crippen LogP contribution in [0.3, 0.4) is 0 Å². The van der Waals surface area contributed by atoms with Gasteiger partial charge in [0.2, 0.25) is 0 Å². The van der Waals surface area contributed by atoms with Gasteiger partial charge in [0, 0.05) is 25.2 Å². The molecule has 4 unspecified atom stereocenters. The Kier molecular flexibility index (Phi) is 9.01. The van der Waals surface area contributed by atoms with Gasteiger partial charge in [-0.3, -0.25) is 9.59 Å². The van der Waals surface area contributed by atoms with Gasteiger partial charge in [0.1, 0.15) is 0 Å². The van der Waals surface area contributed by atoms with Crippen LogP contribution in [0, 0.1) is 11.8 Å². The molecule has 8 heteroatoms. The lowest BCUT2D eigenvalue weighted by molar-refractivity contribution is -0.148. The number of hydrogen-bond acceptors (Lipinski definition) is 8. The van der Waals surface area contributed by atoms with Crippen molar-refractivity contribution in [2.24, 2.45) is 11.8 Å². The van der Waals surface area contributed by atoms with Gasteiger partial charge in [-0.2, -0.15) is 0 Å². The first-order chi connectivity index (χ1) is 16.4. The molecule has 0 aliphatic carbocycles. The molecule has 3 rings (SSSR count). The summed E-state index contributed by atoms with van der Waals surface area (Å²) in [6.45, 7) is 8.99. The second-order valence-corrected chi connectivity index (χ2v) is 8.44. The molecule has 2 aromatic carbocycles. The van der Waals surface area contributed by atoms with Crippen LogP contribution in [0.5, 0.6) is 0 Å². The molecule has 0 amide bonds. The molecule has 2 aromatic rings. The molecule has 1 aliphatic heterocycles. The molecule has 0 radical (unpaired) electrons. The number of rotatable bonds is 4. The molecular weight excluding hydrogens is 432 g/mol. The zero-order chi connectivity index (χ0) is 24.5. The molecule has 0 saturated carbocycles. The topological polar surface area (TPSA) is 101 Å². The minimum Gasteiger partial charge on any atom is -0.466 e. The van der Waals surface area contributed by atoms with Crippen molar-refractivity contribution in [1.82, 2.24) is 0 Å². The smallest absolute Gasteiger partial charge is 0.312 e. The molecule has 4 atom stereocenters. The Morgan fingerprint density at radius 3 is 1.41 bits per heavy atom. The number of hydrogen-bond donors (Lipinski definition) is 4. The molecule has 8 nitrogen and oxygen atoms in total. The van der Waals surface area contributed by atoms with Crippen LogP contribution in [-0.2, 0) is 19.1 Å². The highest BCUT2D eigenvalue weighted by Gasteiger charge is 2.30. The van der Waals surface area contributed by atoms with Gasteiger partial charge in [0.15, 0.2) is 0 Å². The number of nitrogens with one attached hydrogen (secondary N) is 4. The lowest BCUT2D eigenvalue weighted by Crippen LogP contribution is -2.40. The Labute approximate surface area is 201 Å². The van der Waals surface area contributed by atoms with E-state index in [0.29, 0.717) is 26.3 Å². The minimum atomic E-state index is -0.422. The number of carbonyl (C=O) groups is 2. The normalized spacial score (nSPS) is 22.7. The van der Waals surface area contributed by atoms with E-state index in [-0.39, 0.29) is 24.0 Å². The van der Waals surface area contributed by atoms with Gasteiger partial charge in [0.05, 0.1) is 47.8 Å². The summed E-state index contributed by atoms with van der Waals surface area (Å²) in [5, 5.41) is 13.8. The van der Waals surface area contributed by atoms with Gasteiger partial charge in [-0.1, -0.05) is 24.3 Å². The van der Waals surface area contributed by atoms with E-state index in [9.17, 15) is 9.59 Å². The van der Waals surface area contributed by atoms with Crippen molar-refractivity contribution in [3.8, 4) is 0 Å². The molecule has 0 saturated heterocycles. The van der Waals surface area contributed by atoms with Crippen LogP contribution in [0.1, 0.15) is 27.7 Å². The van der Waals surface area contributed by atoms with Crippen LogP contribution in [0.2, 0.25) is 0 Å².